The number of fused-ring (bicyclic) bond motifs is 6. The van der Waals surface area contributed by atoms with Crippen molar-refractivity contribution in [2.24, 2.45) is 5.92 Å². The zero-order chi connectivity index (χ0) is 25.1. The third-order valence-electron chi connectivity index (χ3n) is 7.92. The molecule has 6 nitrogen and oxygen atoms in total. The maximum atomic E-state index is 14.4. The van der Waals surface area contributed by atoms with Crippen LogP contribution in [0.1, 0.15) is 32.0 Å². The molecule has 0 radical (unpaired) electrons. The fourth-order valence-electron chi connectivity index (χ4n) is 6.46. The summed E-state index contributed by atoms with van der Waals surface area (Å²) in [6.45, 7) is 0. The molecule has 4 atom stereocenters. The molecule has 7 rings (SSSR count). The number of carbonyl (C=O) groups is 3. The van der Waals surface area contributed by atoms with E-state index in [9.17, 15) is 14.4 Å². The van der Waals surface area contributed by atoms with Crippen molar-refractivity contribution < 1.29 is 18.8 Å². The number of furan rings is 1. The Balaban J connectivity index is 1.55. The lowest BCUT2D eigenvalue weighted by molar-refractivity contribution is -0.121. The Morgan fingerprint density at radius 3 is 2.41 bits per heavy atom. The number of nitrogens with zero attached hydrogens (tertiary/aromatic N) is 1. The molecule has 3 aliphatic heterocycles. The van der Waals surface area contributed by atoms with E-state index >= 15 is 0 Å². The van der Waals surface area contributed by atoms with Gasteiger partial charge in [0.05, 0.1) is 18.2 Å². The van der Waals surface area contributed by atoms with Crippen LogP contribution in [0.4, 0.5) is 11.4 Å². The Morgan fingerprint density at radius 2 is 1.59 bits per heavy atom. The predicted octanol–water partition coefficient (Wildman–Crippen LogP) is 5.14. The summed E-state index contributed by atoms with van der Waals surface area (Å²) in [5.41, 5.74) is 2.27. The first-order chi connectivity index (χ1) is 18.1. The first-order valence-corrected chi connectivity index (χ1v) is 12.3. The van der Waals surface area contributed by atoms with Crippen LogP contribution in [0.25, 0.3) is 6.08 Å². The standard InChI is InChI=1S/C31H22N2O4/c34-28(20-10-2-1-3-11-20)27-26(29(35)24-15-8-18-37-24)31(21-12-5-6-13-22(21)32-30(31)36)25-17-16-19-9-4-7-14-23(19)33(25)27/h1-18,25-27H,(H,32,36)/t25-,26+,27+,31-/m0/s1. The Labute approximate surface area is 213 Å². The fourth-order valence-corrected chi connectivity index (χ4v) is 6.46. The van der Waals surface area contributed by atoms with Gasteiger partial charge in [-0.1, -0.05) is 78.9 Å². The van der Waals surface area contributed by atoms with Crippen molar-refractivity contribution in [2.45, 2.75) is 17.5 Å². The number of amides is 1. The van der Waals surface area contributed by atoms with Crippen molar-refractivity contribution in [1.82, 2.24) is 0 Å². The average molecular weight is 487 g/mol. The SMILES string of the molecule is O=C(c1ccccc1)[C@H]1[C@H](C(=O)c2ccco2)[C@@]2(C(=O)Nc3ccccc32)[C@@H]2C=Cc3ccccc3N21. The maximum absolute atomic E-state index is 14.4. The number of rotatable bonds is 4. The number of para-hydroxylation sites is 2. The van der Waals surface area contributed by atoms with E-state index in [-0.39, 0.29) is 23.2 Å². The van der Waals surface area contributed by atoms with Crippen molar-refractivity contribution in [3.05, 3.63) is 126 Å². The van der Waals surface area contributed by atoms with Crippen molar-refractivity contribution in [3.63, 3.8) is 0 Å². The van der Waals surface area contributed by atoms with Gasteiger partial charge in [-0.25, -0.2) is 0 Å². The van der Waals surface area contributed by atoms with Gasteiger partial charge in [-0.2, -0.15) is 0 Å². The Kier molecular flexibility index (Phi) is 4.60. The average Bonchev–Trinajstić information content (AvgIpc) is 3.65. The van der Waals surface area contributed by atoms with Crippen molar-refractivity contribution >= 4 is 34.9 Å². The second kappa shape index (κ2) is 7.90. The number of hydrogen-bond donors (Lipinski definition) is 1. The van der Waals surface area contributed by atoms with E-state index in [0.29, 0.717) is 16.8 Å². The number of hydrogen-bond acceptors (Lipinski definition) is 5. The highest BCUT2D eigenvalue weighted by atomic mass is 16.3. The minimum absolute atomic E-state index is 0.129. The van der Waals surface area contributed by atoms with Gasteiger partial charge >= 0.3 is 0 Å². The summed E-state index contributed by atoms with van der Waals surface area (Å²) in [7, 11) is 0. The monoisotopic (exact) mass is 486 g/mol. The topological polar surface area (TPSA) is 79.6 Å². The molecule has 1 saturated heterocycles. The number of nitrogens with one attached hydrogen (secondary N) is 1. The molecule has 1 spiro atoms. The molecule has 0 saturated carbocycles. The summed E-state index contributed by atoms with van der Waals surface area (Å²) in [6.07, 6.45) is 5.38. The normalized spacial score (nSPS) is 24.9. The van der Waals surface area contributed by atoms with Gasteiger partial charge in [0.2, 0.25) is 11.7 Å². The third-order valence-corrected chi connectivity index (χ3v) is 7.92. The van der Waals surface area contributed by atoms with Crippen LogP contribution in [-0.2, 0) is 10.2 Å². The van der Waals surface area contributed by atoms with Crippen molar-refractivity contribution in [3.8, 4) is 0 Å². The zero-order valence-electron chi connectivity index (χ0n) is 19.7. The number of anilines is 2. The molecule has 0 bridgehead atoms. The highest BCUT2D eigenvalue weighted by Crippen LogP contribution is 2.58. The van der Waals surface area contributed by atoms with Crippen LogP contribution in [0.5, 0.6) is 0 Å². The van der Waals surface area contributed by atoms with Crippen LogP contribution in [0.2, 0.25) is 0 Å². The Hall–Kier alpha value is -4.71. The molecule has 180 valence electrons. The minimum atomic E-state index is -1.33. The van der Waals surface area contributed by atoms with Gasteiger partial charge < -0.3 is 14.6 Å². The van der Waals surface area contributed by atoms with E-state index in [2.05, 4.69) is 5.32 Å². The first kappa shape index (κ1) is 21.6. The predicted molar refractivity (Wildman–Crippen MR) is 140 cm³/mol. The summed E-state index contributed by atoms with van der Waals surface area (Å²) in [6, 6.07) is 25.9. The number of ketones is 2. The molecule has 4 aromatic rings. The fraction of sp³-hybridized carbons (Fsp3) is 0.129. The second-order valence-corrected chi connectivity index (χ2v) is 9.63. The van der Waals surface area contributed by atoms with Crippen LogP contribution in [-0.4, -0.2) is 29.6 Å². The molecule has 1 fully saturated rings. The van der Waals surface area contributed by atoms with Crippen LogP contribution in [0.15, 0.2) is 108 Å². The van der Waals surface area contributed by atoms with Gasteiger partial charge in [-0.05, 0) is 35.4 Å². The number of Topliss-reactive ketones (excluding diaryl/α,β-unsaturated/α-hetero) is 2. The molecule has 0 aliphatic carbocycles. The molecule has 3 aromatic carbocycles. The largest absolute Gasteiger partial charge is 0.461 e. The lowest BCUT2D eigenvalue weighted by Gasteiger charge is -2.37. The molecular formula is C31H22N2O4. The molecule has 1 aromatic heterocycles. The van der Waals surface area contributed by atoms with Crippen LogP contribution < -0.4 is 10.2 Å². The summed E-state index contributed by atoms with van der Waals surface area (Å²) in [4.78, 5) is 44.9. The molecule has 1 N–H and O–H groups in total. The van der Waals surface area contributed by atoms with E-state index in [1.165, 1.54) is 6.26 Å². The van der Waals surface area contributed by atoms with Gasteiger partial charge in [0.25, 0.3) is 0 Å². The van der Waals surface area contributed by atoms with Gasteiger partial charge in [0.1, 0.15) is 11.5 Å². The second-order valence-electron chi connectivity index (χ2n) is 9.63. The summed E-state index contributed by atoms with van der Waals surface area (Å²) in [5.74, 6) is -1.78. The maximum Gasteiger partial charge on any atom is 0.238 e. The van der Waals surface area contributed by atoms with Crippen molar-refractivity contribution in [2.75, 3.05) is 10.2 Å². The zero-order valence-corrected chi connectivity index (χ0v) is 19.7. The van der Waals surface area contributed by atoms with E-state index in [1.54, 1.807) is 36.4 Å². The van der Waals surface area contributed by atoms with Gasteiger partial charge in [0.15, 0.2) is 11.5 Å². The number of benzene rings is 3. The lowest BCUT2D eigenvalue weighted by Crippen LogP contribution is -2.51. The van der Waals surface area contributed by atoms with E-state index in [4.69, 9.17) is 4.42 Å². The van der Waals surface area contributed by atoms with Gasteiger partial charge in [-0.15, -0.1) is 0 Å². The molecule has 1 amide bonds. The first-order valence-electron chi connectivity index (χ1n) is 12.3. The van der Waals surface area contributed by atoms with E-state index < -0.39 is 23.4 Å². The van der Waals surface area contributed by atoms with Crippen LogP contribution in [0.3, 0.4) is 0 Å². The summed E-state index contributed by atoms with van der Waals surface area (Å²) < 4.78 is 5.56. The van der Waals surface area contributed by atoms with Crippen LogP contribution in [0, 0.1) is 5.92 Å². The summed E-state index contributed by atoms with van der Waals surface area (Å²) in [5, 5.41) is 3.02. The third kappa shape index (κ3) is 2.84. The molecule has 3 aliphatic rings. The smallest absolute Gasteiger partial charge is 0.238 e. The highest BCUT2D eigenvalue weighted by molar-refractivity contribution is 6.18. The van der Waals surface area contributed by atoms with E-state index in [0.717, 1.165) is 11.3 Å². The lowest BCUT2D eigenvalue weighted by atomic mass is 9.64. The molecule has 4 heterocycles. The Morgan fingerprint density at radius 1 is 0.838 bits per heavy atom. The number of carbonyl (C=O) groups excluding carboxylic acids is 3. The quantitative estimate of drug-likeness (QED) is 0.404. The Bertz CT molecular complexity index is 1590. The van der Waals surface area contributed by atoms with Gasteiger partial charge in [-0.3, -0.25) is 14.4 Å². The minimum Gasteiger partial charge on any atom is -0.461 e. The van der Waals surface area contributed by atoms with Gasteiger partial charge in [0, 0.05) is 16.9 Å². The molecular weight excluding hydrogens is 464 g/mol. The molecule has 0 unspecified atom stereocenters. The van der Waals surface area contributed by atoms with E-state index in [1.807, 2.05) is 71.6 Å². The van der Waals surface area contributed by atoms with Crippen molar-refractivity contribution in [1.29, 1.82) is 0 Å². The molecule has 6 heteroatoms. The highest BCUT2D eigenvalue weighted by Gasteiger charge is 2.70. The summed E-state index contributed by atoms with van der Waals surface area (Å²) >= 11 is 0. The molecule has 37 heavy (non-hydrogen) atoms. The van der Waals surface area contributed by atoms with Crippen LogP contribution >= 0.6 is 0 Å².